The van der Waals surface area contributed by atoms with Gasteiger partial charge in [0.15, 0.2) is 5.82 Å². The fraction of sp³-hybridized carbons (Fsp3) is 0.444. The molecule has 2 N–H and O–H groups in total. The van der Waals surface area contributed by atoms with E-state index in [1.165, 1.54) is 0 Å². The van der Waals surface area contributed by atoms with Gasteiger partial charge in [0.1, 0.15) is 5.69 Å². The topological polar surface area (TPSA) is 92.0 Å². The number of nitrogens with two attached hydrogens (primary N) is 1. The highest BCUT2D eigenvalue weighted by Crippen LogP contribution is 2.17. The SMILES string of the molecule is COCC(N)c1noc(-c2cncn2C)n1. The average molecular weight is 223 g/mol. The molecule has 0 spiro atoms. The molecule has 2 aromatic rings. The van der Waals surface area contributed by atoms with Gasteiger partial charge in [-0.05, 0) is 0 Å². The molecule has 1 unspecified atom stereocenters. The van der Waals surface area contributed by atoms with Crippen molar-refractivity contribution in [1.82, 2.24) is 19.7 Å². The maximum Gasteiger partial charge on any atom is 0.276 e. The molecule has 0 radical (unpaired) electrons. The summed E-state index contributed by atoms with van der Waals surface area (Å²) in [5.74, 6) is 0.833. The van der Waals surface area contributed by atoms with E-state index in [0.29, 0.717) is 18.3 Å². The number of rotatable bonds is 4. The Labute approximate surface area is 92.2 Å². The molecule has 0 fully saturated rings. The molecular formula is C9H13N5O2. The summed E-state index contributed by atoms with van der Waals surface area (Å²) < 4.78 is 11.8. The molecule has 0 amide bonds. The first-order valence-corrected chi connectivity index (χ1v) is 4.77. The summed E-state index contributed by atoms with van der Waals surface area (Å²) in [4.78, 5) is 8.16. The zero-order chi connectivity index (χ0) is 11.5. The second-order valence-corrected chi connectivity index (χ2v) is 3.41. The van der Waals surface area contributed by atoms with E-state index in [1.807, 2.05) is 7.05 Å². The van der Waals surface area contributed by atoms with Crippen LogP contribution in [0.25, 0.3) is 11.6 Å². The van der Waals surface area contributed by atoms with Gasteiger partial charge in [-0.25, -0.2) is 4.98 Å². The summed E-state index contributed by atoms with van der Waals surface area (Å²) in [5.41, 5.74) is 6.53. The van der Waals surface area contributed by atoms with Crippen LogP contribution in [-0.2, 0) is 11.8 Å². The number of hydrogen-bond acceptors (Lipinski definition) is 6. The molecule has 1 atom stereocenters. The van der Waals surface area contributed by atoms with Crippen molar-refractivity contribution in [3.8, 4) is 11.6 Å². The zero-order valence-corrected chi connectivity index (χ0v) is 9.12. The predicted octanol–water partition coefficient (Wildman–Crippen LogP) is 0.116. The van der Waals surface area contributed by atoms with Gasteiger partial charge in [-0.2, -0.15) is 4.98 Å². The molecule has 2 aromatic heterocycles. The minimum absolute atomic E-state index is 0.352. The minimum atomic E-state index is -0.379. The van der Waals surface area contributed by atoms with E-state index in [-0.39, 0.29) is 6.04 Å². The number of nitrogens with zero attached hydrogens (tertiary/aromatic N) is 4. The first-order chi connectivity index (χ1) is 7.72. The van der Waals surface area contributed by atoms with E-state index < -0.39 is 0 Å². The van der Waals surface area contributed by atoms with E-state index in [2.05, 4.69) is 15.1 Å². The molecule has 0 aliphatic carbocycles. The third kappa shape index (κ3) is 1.95. The minimum Gasteiger partial charge on any atom is -0.383 e. The molecule has 0 aromatic carbocycles. The van der Waals surface area contributed by atoms with Crippen molar-refractivity contribution in [1.29, 1.82) is 0 Å². The quantitative estimate of drug-likeness (QED) is 0.791. The summed E-state index contributed by atoms with van der Waals surface area (Å²) >= 11 is 0. The summed E-state index contributed by atoms with van der Waals surface area (Å²) in [5, 5.41) is 3.80. The van der Waals surface area contributed by atoms with Gasteiger partial charge in [-0.3, -0.25) is 0 Å². The maximum atomic E-state index is 5.78. The van der Waals surface area contributed by atoms with Crippen LogP contribution in [0.3, 0.4) is 0 Å². The van der Waals surface area contributed by atoms with Crippen LogP contribution >= 0.6 is 0 Å². The van der Waals surface area contributed by atoms with Gasteiger partial charge < -0.3 is 19.6 Å². The standard InChI is InChI=1S/C9H13N5O2/c1-14-5-11-3-7(14)9-12-8(13-16-9)6(10)4-15-2/h3,5-6H,4,10H2,1-2H3. The lowest BCUT2D eigenvalue weighted by atomic mass is 10.3. The van der Waals surface area contributed by atoms with Crippen LogP contribution in [0.4, 0.5) is 0 Å². The van der Waals surface area contributed by atoms with E-state index >= 15 is 0 Å². The molecule has 0 saturated carbocycles. The lowest BCUT2D eigenvalue weighted by molar-refractivity contribution is 0.177. The monoisotopic (exact) mass is 223 g/mol. The van der Waals surface area contributed by atoms with Crippen molar-refractivity contribution in [2.24, 2.45) is 12.8 Å². The van der Waals surface area contributed by atoms with Crippen molar-refractivity contribution in [3.63, 3.8) is 0 Å². The fourth-order valence-electron chi connectivity index (χ4n) is 1.31. The number of imidazole rings is 1. The molecule has 7 nitrogen and oxygen atoms in total. The van der Waals surface area contributed by atoms with Gasteiger partial charge in [0.05, 0.1) is 25.2 Å². The Kier molecular flexibility index (Phi) is 2.97. The Morgan fingerprint density at radius 2 is 2.44 bits per heavy atom. The molecule has 2 rings (SSSR count). The van der Waals surface area contributed by atoms with Crippen LogP contribution < -0.4 is 5.73 Å². The third-order valence-corrected chi connectivity index (χ3v) is 2.16. The lowest BCUT2D eigenvalue weighted by Crippen LogP contribution is -2.17. The van der Waals surface area contributed by atoms with Gasteiger partial charge in [-0.15, -0.1) is 0 Å². The van der Waals surface area contributed by atoms with E-state index in [1.54, 1.807) is 24.2 Å². The third-order valence-electron chi connectivity index (χ3n) is 2.16. The first kappa shape index (κ1) is 10.8. The molecule has 2 heterocycles. The highest BCUT2D eigenvalue weighted by atomic mass is 16.5. The molecule has 0 bridgehead atoms. The molecule has 0 aliphatic heterocycles. The summed E-state index contributed by atoms with van der Waals surface area (Å²) in [6.45, 7) is 0.352. The summed E-state index contributed by atoms with van der Waals surface area (Å²) in [7, 11) is 3.42. The van der Waals surface area contributed by atoms with Crippen LogP contribution in [0.5, 0.6) is 0 Å². The molecule has 0 saturated heterocycles. The number of methoxy groups -OCH3 is 1. The Morgan fingerprint density at radius 1 is 1.62 bits per heavy atom. The van der Waals surface area contributed by atoms with Crippen LogP contribution in [0.1, 0.15) is 11.9 Å². The Hall–Kier alpha value is -1.73. The van der Waals surface area contributed by atoms with Crippen molar-refractivity contribution in [2.75, 3.05) is 13.7 Å². The van der Waals surface area contributed by atoms with Gasteiger partial charge in [0, 0.05) is 14.2 Å². The van der Waals surface area contributed by atoms with Crippen molar-refractivity contribution in [3.05, 3.63) is 18.3 Å². The zero-order valence-electron chi connectivity index (χ0n) is 9.12. The number of aromatic nitrogens is 4. The van der Waals surface area contributed by atoms with Gasteiger partial charge in [0.25, 0.3) is 5.89 Å². The molecule has 16 heavy (non-hydrogen) atoms. The first-order valence-electron chi connectivity index (χ1n) is 4.77. The summed E-state index contributed by atoms with van der Waals surface area (Å²) in [6.07, 6.45) is 3.31. The summed E-state index contributed by atoms with van der Waals surface area (Å²) in [6, 6.07) is -0.379. The highest BCUT2D eigenvalue weighted by molar-refractivity contribution is 5.45. The Morgan fingerprint density at radius 3 is 3.06 bits per heavy atom. The van der Waals surface area contributed by atoms with Crippen molar-refractivity contribution in [2.45, 2.75) is 6.04 Å². The lowest BCUT2D eigenvalue weighted by Gasteiger charge is -2.03. The van der Waals surface area contributed by atoms with Crippen LogP contribution in [0.2, 0.25) is 0 Å². The van der Waals surface area contributed by atoms with Crippen molar-refractivity contribution < 1.29 is 9.26 Å². The van der Waals surface area contributed by atoms with Crippen LogP contribution in [-0.4, -0.2) is 33.4 Å². The number of hydrogen-bond donors (Lipinski definition) is 1. The van der Waals surface area contributed by atoms with E-state index in [9.17, 15) is 0 Å². The second-order valence-electron chi connectivity index (χ2n) is 3.41. The largest absolute Gasteiger partial charge is 0.383 e. The van der Waals surface area contributed by atoms with E-state index in [4.69, 9.17) is 15.0 Å². The van der Waals surface area contributed by atoms with Gasteiger partial charge >= 0.3 is 0 Å². The highest BCUT2D eigenvalue weighted by Gasteiger charge is 2.16. The molecule has 86 valence electrons. The molecule has 7 heteroatoms. The normalized spacial score (nSPS) is 12.9. The molecule has 0 aliphatic rings. The Bertz CT molecular complexity index is 464. The average Bonchev–Trinajstić information content (AvgIpc) is 2.86. The number of aryl methyl sites for hydroxylation is 1. The predicted molar refractivity (Wildman–Crippen MR) is 55.3 cm³/mol. The van der Waals surface area contributed by atoms with Gasteiger partial charge in [0.2, 0.25) is 0 Å². The smallest absolute Gasteiger partial charge is 0.276 e. The molecular weight excluding hydrogens is 210 g/mol. The van der Waals surface area contributed by atoms with E-state index in [0.717, 1.165) is 5.69 Å². The Balaban J connectivity index is 2.23. The maximum absolute atomic E-state index is 5.78. The number of ether oxygens (including phenoxy) is 1. The fourth-order valence-corrected chi connectivity index (χ4v) is 1.31. The van der Waals surface area contributed by atoms with Crippen LogP contribution in [0.15, 0.2) is 17.0 Å². The second kappa shape index (κ2) is 4.42. The van der Waals surface area contributed by atoms with Gasteiger partial charge in [-0.1, -0.05) is 5.16 Å². The van der Waals surface area contributed by atoms with Crippen molar-refractivity contribution >= 4 is 0 Å². The van der Waals surface area contributed by atoms with Crippen LogP contribution in [0, 0.1) is 0 Å².